The Morgan fingerprint density at radius 3 is 2.29 bits per heavy atom. The van der Waals surface area contributed by atoms with Crippen LogP contribution in [0.3, 0.4) is 0 Å². The van der Waals surface area contributed by atoms with E-state index in [4.69, 9.17) is 4.74 Å². The van der Waals surface area contributed by atoms with Gasteiger partial charge in [0.2, 0.25) is 11.8 Å². The first kappa shape index (κ1) is 32.0. The van der Waals surface area contributed by atoms with E-state index in [-0.39, 0.29) is 29.7 Å². The molecule has 1 fully saturated rings. The third-order valence-electron chi connectivity index (χ3n) is 6.90. The number of carbonyl (C=O) groups is 3. The molecule has 1 aromatic rings. The zero-order chi connectivity index (χ0) is 28.5. The van der Waals surface area contributed by atoms with Gasteiger partial charge in [-0.15, -0.1) is 0 Å². The number of thiol groups is 1. The zero-order valence-electron chi connectivity index (χ0n) is 24.4. The number of hydrogen-bond acceptors (Lipinski definition) is 5. The molecule has 3 unspecified atom stereocenters. The van der Waals surface area contributed by atoms with Gasteiger partial charge in [-0.3, -0.25) is 9.59 Å². The van der Waals surface area contributed by atoms with Crippen LogP contribution < -0.4 is 10.6 Å². The van der Waals surface area contributed by atoms with Gasteiger partial charge in [-0.2, -0.15) is 12.6 Å². The second-order valence-electron chi connectivity index (χ2n) is 12.1. The highest BCUT2D eigenvalue weighted by molar-refractivity contribution is 7.80. The summed E-state index contributed by atoms with van der Waals surface area (Å²) < 4.78 is 5.41. The van der Waals surface area contributed by atoms with Gasteiger partial charge in [0.25, 0.3) is 0 Å². The molecular weight excluding hydrogens is 498 g/mol. The molecule has 0 aromatic heterocycles. The van der Waals surface area contributed by atoms with Gasteiger partial charge in [-0.25, -0.2) is 4.79 Å². The van der Waals surface area contributed by atoms with Crippen molar-refractivity contribution in [3.8, 4) is 0 Å². The fourth-order valence-corrected chi connectivity index (χ4v) is 5.18. The Hall–Kier alpha value is -2.22. The normalized spacial score (nSPS) is 16.9. The number of benzene rings is 1. The highest BCUT2D eigenvalue weighted by Gasteiger charge is 2.39. The van der Waals surface area contributed by atoms with Crippen molar-refractivity contribution in [2.45, 2.75) is 123 Å². The first-order chi connectivity index (χ1) is 17.8. The van der Waals surface area contributed by atoms with Crippen LogP contribution in [0.2, 0.25) is 0 Å². The lowest BCUT2D eigenvalue weighted by Crippen LogP contribution is -2.57. The first-order valence-electron chi connectivity index (χ1n) is 14.1. The second kappa shape index (κ2) is 14.8. The molecule has 8 heteroatoms. The summed E-state index contributed by atoms with van der Waals surface area (Å²) in [7, 11) is 0. The van der Waals surface area contributed by atoms with E-state index in [1.807, 2.05) is 38.1 Å². The van der Waals surface area contributed by atoms with Crippen molar-refractivity contribution in [2.24, 2.45) is 5.92 Å². The predicted molar refractivity (Wildman–Crippen MR) is 156 cm³/mol. The first-order valence-corrected chi connectivity index (χ1v) is 14.7. The van der Waals surface area contributed by atoms with Gasteiger partial charge in [0.15, 0.2) is 0 Å². The van der Waals surface area contributed by atoms with Crippen LogP contribution in [-0.2, 0) is 14.3 Å². The predicted octanol–water partition coefficient (Wildman–Crippen LogP) is 5.96. The quantitative estimate of drug-likeness (QED) is 0.298. The molecule has 0 heterocycles. The van der Waals surface area contributed by atoms with Crippen molar-refractivity contribution < 1.29 is 19.1 Å². The Labute approximate surface area is 235 Å². The molecule has 7 nitrogen and oxygen atoms in total. The molecule has 1 saturated carbocycles. The molecule has 3 atom stereocenters. The average molecular weight is 548 g/mol. The third-order valence-corrected chi connectivity index (χ3v) is 7.26. The van der Waals surface area contributed by atoms with Crippen LogP contribution in [-0.4, -0.2) is 52.3 Å². The average Bonchev–Trinajstić information content (AvgIpc) is 2.83. The van der Waals surface area contributed by atoms with Gasteiger partial charge in [0.05, 0.1) is 0 Å². The van der Waals surface area contributed by atoms with Crippen molar-refractivity contribution in [3.05, 3.63) is 35.4 Å². The number of carbonyl (C=O) groups excluding carboxylic acids is 3. The van der Waals surface area contributed by atoms with Crippen molar-refractivity contribution in [3.63, 3.8) is 0 Å². The van der Waals surface area contributed by atoms with E-state index >= 15 is 0 Å². The van der Waals surface area contributed by atoms with Crippen LogP contribution in [0.4, 0.5) is 4.79 Å². The number of nitrogens with zero attached hydrogens (tertiary/aromatic N) is 1. The number of rotatable bonds is 11. The molecule has 1 aromatic carbocycles. The molecule has 1 aliphatic rings. The van der Waals surface area contributed by atoms with Crippen LogP contribution in [0.15, 0.2) is 24.3 Å². The summed E-state index contributed by atoms with van der Waals surface area (Å²) in [6, 6.07) is 5.87. The van der Waals surface area contributed by atoms with E-state index in [9.17, 15) is 14.4 Å². The van der Waals surface area contributed by atoms with Gasteiger partial charge < -0.3 is 20.3 Å². The summed E-state index contributed by atoms with van der Waals surface area (Å²) in [5, 5.41) is 5.96. The minimum absolute atomic E-state index is 0.0796. The lowest BCUT2D eigenvalue weighted by Gasteiger charge is -2.39. The maximum atomic E-state index is 14.2. The highest BCUT2D eigenvalue weighted by Crippen LogP contribution is 2.29. The molecule has 0 bridgehead atoms. The minimum Gasteiger partial charge on any atom is -0.444 e. The molecule has 0 aliphatic heterocycles. The van der Waals surface area contributed by atoms with Crippen LogP contribution in [0.25, 0.3) is 0 Å². The Bertz CT molecular complexity index is 924. The minimum atomic E-state index is -0.940. The SMILES string of the molecule is Cc1cccc(C(C(=O)NC2CCCCC2)N(C(=O)C(CS)NC(=O)OC(C)(C)C)C(C)CCC(C)C)c1. The van der Waals surface area contributed by atoms with Gasteiger partial charge in [0, 0.05) is 17.8 Å². The topological polar surface area (TPSA) is 87.7 Å². The number of hydrogen-bond donors (Lipinski definition) is 3. The monoisotopic (exact) mass is 547 g/mol. The molecule has 1 aliphatic carbocycles. The number of aryl methyl sites for hydroxylation is 1. The van der Waals surface area contributed by atoms with Crippen LogP contribution in [0.1, 0.15) is 104 Å². The number of amides is 3. The highest BCUT2D eigenvalue weighted by atomic mass is 32.1. The molecule has 214 valence electrons. The lowest BCUT2D eigenvalue weighted by atomic mass is 9.93. The molecule has 0 saturated heterocycles. The number of alkyl carbamates (subject to hydrolysis) is 1. The van der Waals surface area contributed by atoms with E-state index in [2.05, 4.69) is 37.1 Å². The van der Waals surface area contributed by atoms with Gasteiger partial charge >= 0.3 is 6.09 Å². The van der Waals surface area contributed by atoms with Crippen molar-refractivity contribution in [2.75, 3.05) is 5.75 Å². The Kier molecular flexibility index (Phi) is 12.5. The Morgan fingerprint density at radius 2 is 1.74 bits per heavy atom. The van der Waals surface area contributed by atoms with Gasteiger partial charge in [-0.1, -0.05) is 62.9 Å². The second-order valence-corrected chi connectivity index (χ2v) is 12.5. The van der Waals surface area contributed by atoms with E-state index in [0.29, 0.717) is 5.92 Å². The third kappa shape index (κ3) is 10.2. The largest absolute Gasteiger partial charge is 0.444 e. The van der Waals surface area contributed by atoms with Crippen molar-refractivity contribution in [1.82, 2.24) is 15.5 Å². The number of nitrogens with one attached hydrogen (secondary N) is 2. The smallest absolute Gasteiger partial charge is 0.408 e. The van der Waals surface area contributed by atoms with Gasteiger partial charge in [0.1, 0.15) is 17.7 Å². The van der Waals surface area contributed by atoms with Crippen LogP contribution in [0, 0.1) is 12.8 Å². The Balaban J connectivity index is 2.48. The van der Waals surface area contributed by atoms with Crippen LogP contribution in [0.5, 0.6) is 0 Å². The summed E-state index contributed by atoms with van der Waals surface area (Å²) in [5.41, 5.74) is 1.07. The molecule has 3 amide bonds. The Morgan fingerprint density at radius 1 is 1.08 bits per heavy atom. The summed E-state index contributed by atoms with van der Waals surface area (Å²) in [6.07, 6.45) is 6.22. The molecular formula is C30H49N3O4S. The van der Waals surface area contributed by atoms with Gasteiger partial charge in [-0.05, 0) is 71.8 Å². The van der Waals surface area contributed by atoms with Crippen molar-refractivity contribution in [1.29, 1.82) is 0 Å². The molecule has 0 spiro atoms. The molecule has 2 N–H and O–H groups in total. The number of ether oxygens (including phenoxy) is 1. The zero-order valence-corrected chi connectivity index (χ0v) is 25.3. The fourth-order valence-electron chi connectivity index (χ4n) is 4.93. The standard InChI is InChI=1S/C30H49N3O4S/c1-20(2)16-17-22(4)33(28(35)25(19-38)32-29(36)37-30(5,6)7)26(23-13-11-12-21(3)18-23)27(34)31-24-14-9-8-10-15-24/h11-13,18,20,22,24-26,38H,8-10,14-17,19H2,1-7H3,(H,31,34)(H,32,36). The summed E-state index contributed by atoms with van der Waals surface area (Å²) in [6.45, 7) is 13.6. The van der Waals surface area contributed by atoms with E-state index in [0.717, 1.165) is 49.7 Å². The van der Waals surface area contributed by atoms with Crippen molar-refractivity contribution >= 4 is 30.5 Å². The maximum absolute atomic E-state index is 14.2. The van der Waals surface area contributed by atoms with E-state index < -0.39 is 23.8 Å². The lowest BCUT2D eigenvalue weighted by molar-refractivity contribution is -0.145. The summed E-state index contributed by atoms with van der Waals surface area (Å²) >= 11 is 4.40. The van der Waals surface area contributed by atoms with E-state index in [1.54, 1.807) is 25.7 Å². The summed E-state index contributed by atoms with van der Waals surface area (Å²) in [5.74, 6) is 0.00860. The van der Waals surface area contributed by atoms with E-state index in [1.165, 1.54) is 6.42 Å². The van der Waals surface area contributed by atoms with Crippen LogP contribution >= 0.6 is 12.6 Å². The summed E-state index contributed by atoms with van der Waals surface area (Å²) in [4.78, 5) is 42.5. The maximum Gasteiger partial charge on any atom is 0.408 e. The molecule has 38 heavy (non-hydrogen) atoms. The molecule has 0 radical (unpaired) electrons. The fraction of sp³-hybridized carbons (Fsp3) is 0.700. The molecule has 2 rings (SSSR count).